The number of esters is 1. The van der Waals surface area contributed by atoms with Gasteiger partial charge in [0.15, 0.2) is 0 Å². The molecule has 0 aromatic heterocycles. The van der Waals surface area contributed by atoms with Gasteiger partial charge in [0.1, 0.15) is 6.61 Å². The number of rotatable bonds is 4. The second-order valence-corrected chi connectivity index (χ2v) is 4.26. The summed E-state index contributed by atoms with van der Waals surface area (Å²) in [5.74, 6) is 0.303. The van der Waals surface area contributed by atoms with Gasteiger partial charge < -0.3 is 4.74 Å². The molecule has 84 valence electrons. The Morgan fingerprint density at radius 3 is 2.80 bits per heavy atom. The normalized spacial score (nSPS) is 20.6. The second-order valence-electron chi connectivity index (χ2n) is 4.26. The Morgan fingerprint density at radius 1 is 1.60 bits per heavy atom. The lowest BCUT2D eigenvalue weighted by Crippen LogP contribution is -2.11. The molecule has 0 amide bonds. The van der Waals surface area contributed by atoms with Crippen LogP contribution in [0.2, 0.25) is 0 Å². The lowest BCUT2D eigenvalue weighted by atomic mass is 9.95. The van der Waals surface area contributed by atoms with Crippen LogP contribution in [-0.4, -0.2) is 12.6 Å². The minimum absolute atomic E-state index is 0.123. The molecule has 0 aromatic carbocycles. The molecule has 1 atom stereocenters. The van der Waals surface area contributed by atoms with E-state index >= 15 is 0 Å². The van der Waals surface area contributed by atoms with E-state index in [1.54, 1.807) is 0 Å². The monoisotopic (exact) mass is 208 g/mol. The standard InChI is InChI=1S/C13H20O2/c1-5-13(14)15-8-12-10(4)6-7-11(12)9(2)3/h11H,2,5-8H2,1,3-4H3/t11-/m1/s1. The highest BCUT2D eigenvalue weighted by molar-refractivity contribution is 5.69. The largest absolute Gasteiger partial charge is 0.461 e. The van der Waals surface area contributed by atoms with E-state index in [1.807, 2.05) is 13.8 Å². The first-order valence-electron chi connectivity index (χ1n) is 5.55. The van der Waals surface area contributed by atoms with Gasteiger partial charge in [-0.25, -0.2) is 0 Å². The molecule has 0 spiro atoms. The minimum Gasteiger partial charge on any atom is -0.461 e. The van der Waals surface area contributed by atoms with Crippen molar-refractivity contribution in [3.63, 3.8) is 0 Å². The van der Waals surface area contributed by atoms with Gasteiger partial charge in [-0.3, -0.25) is 4.79 Å². The number of carbonyl (C=O) groups is 1. The summed E-state index contributed by atoms with van der Waals surface area (Å²) in [4.78, 5) is 11.1. The highest BCUT2D eigenvalue weighted by Gasteiger charge is 2.24. The molecule has 2 heteroatoms. The van der Waals surface area contributed by atoms with Gasteiger partial charge >= 0.3 is 5.97 Å². The fourth-order valence-electron chi connectivity index (χ4n) is 2.02. The van der Waals surface area contributed by atoms with E-state index in [4.69, 9.17) is 4.74 Å². The molecule has 15 heavy (non-hydrogen) atoms. The Kier molecular flexibility index (Phi) is 4.13. The quantitative estimate of drug-likeness (QED) is 0.523. The highest BCUT2D eigenvalue weighted by Crippen LogP contribution is 2.35. The fourth-order valence-corrected chi connectivity index (χ4v) is 2.02. The summed E-state index contributed by atoms with van der Waals surface area (Å²) in [7, 11) is 0. The molecule has 0 heterocycles. The number of hydrogen-bond donors (Lipinski definition) is 0. The lowest BCUT2D eigenvalue weighted by Gasteiger charge is -2.15. The maximum atomic E-state index is 11.1. The molecule has 0 aliphatic heterocycles. The molecule has 1 aliphatic carbocycles. The van der Waals surface area contributed by atoms with E-state index in [2.05, 4.69) is 13.5 Å². The maximum Gasteiger partial charge on any atom is 0.305 e. The van der Waals surface area contributed by atoms with Crippen LogP contribution in [0.5, 0.6) is 0 Å². The molecule has 0 saturated heterocycles. The molecular weight excluding hydrogens is 188 g/mol. The third-order valence-corrected chi connectivity index (χ3v) is 3.05. The van der Waals surface area contributed by atoms with Gasteiger partial charge in [0.25, 0.3) is 0 Å². The van der Waals surface area contributed by atoms with Crippen LogP contribution in [0.4, 0.5) is 0 Å². The number of allylic oxidation sites excluding steroid dienone is 2. The Morgan fingerprint density at radius 2 is 2.27 bits per heavy atom. The first-order chi connectivity index (χ1) is 7.06. The van der Waals surface area contributed by atoms with Crippen molar-refractivity contribution in [3.8, 4) is 0 Å². The highest BCUT2D eigenvalue weighted by atomic mass is 16.5. The van der Waals surface area contributed by atoms with Gasteiger partial charge in [-0.2, -0.15) is 0 Å². The van der Waals surface area contributed by atoms with Crippen molar-refractivity contribution in [3.05, 3.63) is 23.3 Å². The third kappa shape index (κ3) is 2.95. The Hall–Kier alpha value is -1.05. The number of carbonyl (C=O) groups excluding carboxylic acids is 1. The third-order valence-electron chi connectivity index (χ3n) is 3.05. The lowest BCUT2D eigenvalue weighted by molar-refractivity contribution is -0.142. The van der Waals surface area contributed by atoms with E-state index in [-0.39, 0.29) is 5.97 Å². The molecule has 0 bridgehead atoms. The van der Waals surface area contributed by atoms with Crippen molar-refractivity contribution in [2.24, 2.45) is 5.92 Å². The van der Waals surface area contributed by atoms with Crippen molar-refractivity contribution in [2.45, 2.75) is 40.0 Å². The van der Waals surface area contributed by atoms with E-state index in [0.717, 1.165) is 12.8 Å². The van der Waals surface area contributed by atoms with Gasteiger partial charge in [-0.15, -0.1) is 0 Å². The average Bonchev–Trinajstić information content (AvgIpc) is 2.56. The minimum atomic E-state index is -0.123. The Balaban J connectivity index is 2.61. The Bertz CT molecular complexity index is 300. The molecule has 1 aliphatic rings. The molecule has 0 saturated carbocycles. The van der Waals surface area contributed by atoms with Crippen LogP contribution in [0.25, 0.3) is 0 Å². The van der Waals surface area contributed by atoms with Crippen LogP contribution in [0.3, 0.4) is 0 Å². The zero-order valence-corrected chi connectivity index (χ0v) is 9.93. The number of hydrogen-bond acceptors (Lipinski definition) is 2. The van der Waals surface area contributed by atoms with E-state index in [1.165, 1.54) is 16.7 Å². The van der Waals surface area contributed by atoms with Crippen molar-refractivity contribution >= 4 is 5.97 Å². The number of ether oxygens (including phenoxy) is 1. The molecule has 0 radical (unpaired) electrons. The van der Waals surface area contributed by atoms with Crippen LogP contribution in [0.1, 0.15) is 40.0 Å². The summed E-state index contributed by atoms with van der Waals surface area (Å²) in [6.45, 7) is 10.4. The van der Waals surface area contributed by atoms with Crippen LogP contribution in [-0.2, 0) is 9.53 Å². The van der Waals surface area contributed by atoms with Crippen molar-refractivity contribution < 1.29 is 9.53 Å². The van der Waals surface area contributed by atoms with E-state index in [9.17, 15) is 4.79 Å². The molecule has 0 N–H and O–H groups in total. The Labute approximate surface area is 92.0 Å². The SMILES string of the molecule is C=C(C)[C@H]1CCC(C)=C1COC(=O)CC. The summed E-state index contributed by atoms with van der Waals surface area (Å²) in [5, 5.41) is 0. The van der Waals surface area contributed by atoms with Crippen LogP contribution >= 0.6 is 0 Å². The van der Waals surface area contributed by atoms with E-state index < -0.39 is 0 Å². The summed E-state index contributed by atoms with van der Waals surface area (Å²) < 4.78 is 5.19. The molecule has 0 fully saturated rings. The van der Waals surface area contributed by atoms with Gasteiger partial charge in [0.2, 0.25) is 0 Å². The average molecular weight is 208 g/mol. The van der Waals surface area contributed by atoms with Gasteiger partial charge in [0, 0.05) is 12.3 Å². The van der Waals surface area contributed by atoms with Gasteiger partial charge in [0.05, 0.1) is 0 Å². The van der Waals surface area contributed by atoms with Crippen LogP contribution in [0, 0.1) is 5.92 Å². The summed E-state index contributed by atoms with van der Waals surface area (Å²) >= 11 is 0. The van der Waals surface area contributed by atoms with Crippen molar-refractivity contribution in [1.82, 2.24) is 0 Å². The van der Waals surface area contributed by atoms with Gasteiger partial charge in [-0.05, 0) is 32.3 Å². The molecule has 1 rings (SSSR count). The maximum absolute atomic E-state index is 11.1. The predicted octanol–water partition coefficient (Wildman–Crippen LogP) is 3.24. The molecule has 2 nitrogen and oxygen atoms in total. The van der Waals surface area contributed by atoms with Crippen LogP contribution in [0.15, 0.2) is 23.3 Å². The predicted molar refractivity (Wildman–Crippen MR) is 61.5 cm³/mol. The zero-order valence-electron chi connectivity index (χ0n) is 9.93. The van der Waals surface area contributed by atoms with Gasteiger partial charge in [-0.1, -0.05) is 24.6 Å². The fraction of sp³-hybridized carbons (Fsp3) is 0.615. The summed E-state index contributed by atoms with van der Waals surface area (Å²) in [6, 6.07) is 0. The summed E-state index contributed by atoms with van der Waals surface area (Å²) in [6.07, 6.45) is 2.68. The smallest absolute Gasteiger partial charge is 0.305 e. The topological polar surface area (TPSA) is 26.3 Å². The van der Waals surface area contributed by atoms with Crippen molar-refractivity contribution in [2.75, 3.05) is 6.61 Å². The first kappa shape index (κ1) is 12.0. The van der Waals surface area contributed by atoms with Crippen LogP contribution < -0.4 is 0 Å². The van der Waals surface area contributed by atoms with E-state index in [0.29, 0.717) is 18.9 Å². The van der Waals surface area contributed by atoms with Crippen molar-refractivity contribution in [1.29, 1.82) is 0 Å². The molecule has 0 aromatic rings. The zero-order chi connectivity index (χ0) is 11.4. The molecule has 0 unspecified atom stereocenters. The summed E-state index contributed by atoms with van der Waals surface area (Å²) in [5.41, 5.74) is 3.81. The first-order valence-corrected chi connectivity index (χ1v) is 5.55. The second kappa shape index (κ2) is 5.15. The molecular formula is C13H20O2.